The van der Waals surface area contributed by atoms with Gasteiger partial charge in [-0.15, -0.1) is 11.3 Å². The molecule has 0 saturated carbocycles. The van der Waals surface area contributed by atoms with Crippen LogP contribution in [0.5, 0.6) is 0 Å². The molecular weight excluding hydrogens is 254 g/mol. The molecule has 0 radical (unpaired) electrons. The quantitative estimate of drug-likeness (QED) is 0.926. The van der Waals surface area contributed by atoms with Gasteiger partial charge in [0.25, 0.3) is 0 Å². The van der Waals surface area contributed by atoms with Gasteiger partial charge in [0.15, 0.2) is 5.13 Å². The SMILES string of the molecule is CN(Cc1ccc(Cl)cc1)Cc1csc(N)n1. The zero-order chi connectivity index (χ0) is 12.3. The van der Waals surface area contributed by atoms with E-state index in [4.69, 9.17) is 17.3 Å². The van der Waals surface area contributed by atoms with Gasteiger partial charge in [0.05, 0.1) is 5.69 Å². The Bertz CT molecular complexity index is 481. The van der Waals surface area contributed by atoms with Gasteiger partial charge >= 0.3 is 0 Å². The minimum absolute atomic E-state index is 0.625. The molecular formula is C12H14ClN3S. The predicted molar refractivity (Wildman–Crippen MR) is 73.1 cm³/mol. The highest BCUT2D eigenvalue weighted by atomic mass is 35.5. The largest absolute Gasteiger partial charge is 0.375 e. The molecule has 0 fully saturated rings. The van der Waals surface area contributed by atoms with Gasteiger partial charge in [-0.25, -0.2) is 4.98 Å². The van der Waals surface area contributed by atoms with Gasteiger partial charge in [-0.2, -0.15) is 0 Å². The summed E-state index contributed by atoms with van der Waals surface area (Å²) >= 11 is 7.32. The molecule has 17 heavy (non-hydrogen) atoms. The van der Waals surface area contributed by atoms with Crippen molar-refractivity contribution >= 4 is 28.1 Å². The number of hydrogen-bond acceptors (Lipinski definition) is 4. The lowest BCUT2D eigenvalue weighted by atomic mass is 10.2. The smallest absolute Gasteiger partial charge is 0.180 e. The van der Waals surface area contributed by atoms with Crippen molar-refractivity contribution in [2.75, 3.05) is 12.8 Å². The van der Waals surface area contributed by atoms with Crippen LogP contribution in [0.15, 0.2) is 29.6 Å². The third-order valence-corrected chi connectivity index (χ3v) is 3.34. The van der Waals surface area contributed by atoms with Gasteiger partial charge in [0.2, 0.25) is 0 Å². The summed E-state index contributed by atoms with van der Waals surface area (Å²) in [4.78, 5) is 6.43. The number of anilines is 1. The van der Waals surface area contributed by atoms with Crippen molar-refractivity contribution < 1.29 is 0 Å². The molecule has 90 valence electrons. The Kier molecular flexibility index (Phi) is 3.99. The van der Waals surface area contributed by atoms with Crippen LogP contribution in [0.2, 0.25) is 5.02 Å². The van der Waals surface area contributed by atoms with Gasteiger partial charge in [-0.05, 0) is 24.7 Å². The second kappa shape index (κ2) is 5.49. The van der Waals surface area contributed by atoms with Crippen molar-refractivity contribution in [1.29, 1.82) is 0 Å². The number of nitrogens with two attached hydrogens (primary N) is 1. The summed E-state index contributed by atoms with van der Waals surface area (Å²) in [5.74, 6) is 0. The number of rotatable bonds is 4. The van der Waals surface area contributed by atoms with E-state index in [-0.39, 0.29) is 0 Å². The van der Waals surface area contributed by atoms with E-state index in [0.717, 1.165) is 23.8 Å². The fourth-order valence-electron chi connectivity index (χ4n) is 1.63. The van der Waals surface area contributed by atoms with Crippen LogP contribution in [0.4, 0.5) is 5.13 Å². The van der Waals surface area contributed by atoms with E-state index in [0.29, 0.717) is 5.13 Å². The Labute approximate surface area is 110 Å². The molecule has 0 aliphatic heterocycles. The van der Waals surface area contributed by atoms with Crippen LogP contribution in [-0.4, -0.2) is 16.9 Å². The number of benzene rings is 1. The minimum Gasteiger partial charge on any atom is -0.375 e. The highest BCUT2D eigenvalue weighted by Gasteiger charge is 2.04. The summed E-state index contributed by atoms with van der Waals surface area (Å²) in [7, 11) is 2.06. The minimum atomic E-state index is 0.625. The highest BCUT2D eigenvalue weighted by molar-refractivity contribution is 7.13. The first-order valence-corrected chi connectivity index (χ1v) is 6.52. The third kappa shape index (κ3) is 3.70. The lowest BCUT2D eigenvalue weighted by molar-refractivity contribution is 0.316. The van der Waals surface area contributed by atoms with Crippen LogP contribution < -0.4 is 5.73 Å². The van der Waals surface area contributed by atoms with Crippen LogP contribution >= 0.6 is 22.9 Å². The summed E-state index contributed by atoms with van der Waals surface area (Å²) in [6.07, 6.45) is 0. The van der Waals surface area contributed by atoms with E-state index < -0.39 is 0 Å². The topological polar surface area (TPSA) is 42.1 Å². The number of hydrogen-bond donors (Lipinski definition) is 1. The van der Waals surface area contributed by atoms with E-state index in [2.05, 4.69) is 16.9 Å². The van der Waals surface area contributed by atoms with E-state index in [9.17, 15) is 0 Å². The number of nitrogens with zero attached hydrogens (tertiary/aromatic N) is 2. The molecule has 0 amide bonds. The molecule has 2 aromatic rings. The molecule has 5 heteroatoms. The van der Waals surface area contributed by atoms with Crippen molar-refractivity contribution in [2.45, 2.75) is 13.1 Å². The average molecular weight is 268 g/mol. The van der Waals surface area contributed by atoms with E-state index in [1.54, 1.807) is 0 Å². The predicted octanol–water partition coefficient (Wildman–Crippen LogP) is 3.01. The molecule has 0 saturated heterocycles. The molecule has 2 rings (SSSR count). The van der Waals surface area contributed by atoms with Crippen LogP contribution in [0.1, 0.15) is 11.3 Å². The summed E-state index contributed by atoms with van der Waals surface area (Å²) in [5.41, 5.74) is 7.85. The normalized spacial score (nSPS) is 11.0. The molecule has 0 unspecified atom stereocenters. The first-order valence-electron chi connectivity index (χ1n) is 5.26. The van der Waals surface area contributed by atoms with Gasteiger partial charge < -0.3 is 5.73 Å². The van der Waals surface area contributed by atoms with Crippen LogP contribution in [-0.2, 0) is 13.1 Å². The maximum Gasteiger partial charge on any atom is 0.180 e. The van der Waals surface area contributed by atoms with Crippen molar-refractivity contribution in [2.24, 2.45) is 0 Å². The van der Waals surface area contributed by atoms with Crippen LogP contribution in [0, 0.1) is 0 Å². The molecule has 0 aliphatic rings. The molecule has 2 N–H and O–H groups in total. The zero-order valence-corrected chi connectivity index (χ0v) is 11.1. The second-order valence-corrected chi connectivity index (χ2v) is 5.30. The van der Waals surface area contributed by atoms with Gasteiger partial charge in [-0.1, -0.05) is 23.7 Å². The third-order valence-electron chi connectivity index (χ3n) is 2.37. The van der Waals surface area contributed by atoms with Gasteiger partial charge in [-0.3, -0.25) is 4.90 Å². The van der Waals surface area contributed by atoms with Crippen molar-refractivity contribution in [1.82, 2.24) is 9.88 Å². The summed E-state index contributed by atoms with van der Waals surface area (Å²) < 4.78 is 0. The van der Waals surface area contributed by atoms with Crippen molar-refractivity contribution in [3.8, 4) is 0 Å². The van der Waals surface area contributed by atoms with E-state index in [1.165, 1.54) is 16.9 Å². The van der Waals surface area contributed by atoms with E-state index >= 15 is 0 Å². The monoisotopic (exact) mass is 267 g/mol. The van der Waals surface area contributed by atoms with Crippen LogP contribution in [0.25, 0.3) is 0 Å². The summed E-state index contributed by atoms with van der Waals surface area (Å²) in [6.45, 7) is 1.67. The van der Waals surface area contributed by atoms with Gasteiger partial charge in [0, 0.05) is 23.5 Å². The lowest BCUT2D eigenvalue weighted by Gasteiger charge is -2.15. The molecule has 0 spiro atoms. The van der Waals surface area contributed by atoms with E-state index in [1.807, 2.05) is 29.6 Å². The van der Waals surface area contributed by atoms with Crippen molar-refractivity contribution in [3.63, 3.8) is 0 Å². The van der Waals surface area contributed by atoms with Crippen LogP contribution in [0.3, 0.4) is 0 Å². The number of aromatic nitrogens is 1. The Morgan fingerprint density at radius 2 is 2.00 bits per heavy atom. The molecule has 0 aliphatic carbocycles. The maximum absolute atomic E-state index is 5.84. The summed E-state index contributed by atoms with van der Waals surface area (Å²) in [5, 5.41) is 3.39. The molecule has 1 heterocycles. The van der Waals surface area contributed by atoms with Gasteiger partial charge in [0.1, 0.15) is 0 Å². The number of nitrogen functional groups attached to an aromatic ring is 1. The highest BCUT2D eigenvalue weighted by Crippen LogP contribution is 2.15. The average Bonchev–Trinajstić information content (AvgIpc) is 2.67. The lowest BCUT2D eigenvalue weighted by Crippen LogP contribution is -2.17. The molecule has 0 bridgehead atoms. The first kappa shape index (κ1) is 12.4. The first-order chi connectivity index (χ1) is 8.13. The fraction of sp³-hybridized carbons (Fsp3) is 0.250. The molecule has 3 nitrogen and oxygen atoms in total. The summed E-state index contributed by atoms with van der Waals surface area (Å²) in [6, 6.07) is 7.89. The van der Waals surface area contributed by atoms with Crippen molar-refractivity contribution in [3.05, 3.63) is 45.9 Å². The maximum atomic E-state index is 5.84. The fourth-order valence-corrected chi connectivity index (χ4v) is 2.31. The number of halogens is 1. The molecule has 1 aromatic carbocycles. The standard InChI is InChI=1S/C12H14ClN3S/c1-16(7-11-8-17-12(14)15-11)6-9-2-4-10(13)5-3-9/h2-5,8H,6-7H2,1H3,(H2,14,15). The number of thiazole rings is 1. The molecule has 1 aromatic heterocycles. The second-order valence-electron chi connectivity index (χ2n) is 3.98. The Balaban J connectivity index is 1.93. The Morgan fingerprint density at radius 3 is 2.59 bits per heavy atom. The molecule has 0 atom stereocenters. The Morgan fingerprint density at radius 1 is 1.29 bits per heavy atom. The zero-order valence-electron chi connectivity index (χ0n) is 9.56. The Hall–Kier alpha value is -1.10.